The van der Waals surface area contributed by atoms with E-state index in [1.807, 2.05) is 24.3 Å². The van der Waals surface area contributed by atoms with Crippen LogP contribution in [0.3, 0.4) is 0 Å². The second-order valence-electron chi connectivity index (χ2n) is 6.79. The molecule has 0 radical (unpaired) electrons. The van der Waals surface area contributed by atoms with E-state index in [1.54, 1.807) is 7.11 Å². The van der Waals surface area contributed by atoms with E-state index in [2.05, 4.69) is 61.6 Å². The number of benzene rings is 3. The number of hydrogen-bond acceptors (Lipinski definition) is 3. The highest BCUT2D eigenvalue weighted by Crippen LogP contribution is 2.29. The number of hydrogen-bond donors (Lipinski definition) is 1. The van der Waals surface area contributed by atoms with E-state index < -0.39 is 0 Å². The van der Waals surface area contributed by atoms with Crippen molar-refractivity contribution in [2.24, 2.45) is 0 Å². The maximum absolute atomic E-state index is 5.99. The van der Waals surface area contributed by atoms with Crippen molar-refractivity contribution < 1.29 is 9.47 Å². The zero-order valence-corrected chi connectivity index (χ0v) is 16.3. The molecule has 3 aromatic rings. The second-order valence-corrected chi connectivity index (χ2v) is 6.79. The largest absolute Gasteiger partial charge is 0.493 e. The van der Waals surface area contributed by atoms with Gasteiger partial charge in [-0.05, 0) is 48.2 Å². The summed E-state index contributed by atoms with van der Waals surface area (Å²) in [7, 11) is 1.68. The second kappa shape index (κ2) is 9.24. The van der Waals surface area contributed by atoms with Crippen molar-refractivity contribution in [3.05, 3.63) is 94.5 Å². The van der Waals surface area contributed by atoms with Gasteiger partial charge in [-0.1, -0.05) is 60.2 Å². The Labute approximate surface area is 162 Å². The molecule has 0 unspecified atom stereocenters. The van der Waals surface area contributed by atoms with Crippen molar-refractivity contribution in [3.8, 4) is 11.5 Å². The first-order valence-corrected chi connectivity index (χ1v) is 9.26. The number of rotatable bonds is 8. The zero-order valence-electron chi connectivity index (χ0n) is 16.3. The predicted octanol–water partition coefficient (Wildman–Crippen LogP) is 5.18. The molecule has 0 aliphatic rings. The highest BCUT2D eigenvalue weighted by molar-refractivity contribution is 5.43. The van der Waals surface area contributed by atoms with E-state index in [1.165, 1.54) is 27.8 Å². The first-order chi connectivity index (χ1) is 13.2. The predicted molar refractivity (Wildman–Crippen MR) is 110 cm³/mol. The van der Waals surface area contributed by atoms with E-state index in [4.69, 9.17) is 9.47 Å². The summed E-state index contributed by atoms with van der Waals surface area (Å²) in [6.07, 6.45) is 0. The molecule has 0 fully saturated rings. The van der Waals surface area contributed by atoms with Crippen LogP contribution in [0.2, 0.25) is 0 Å². The summed E-state index contributed by atoms with van der Waals surface area (Å²) in [5, 5.41) is 3.48. The van der Waals surface area contributed by atoms with Crippen LogP contribution in [-0.2, 0) is 19.7 Å². The average molecular weight is 361 g/mol. The van der Waals surface area contributed by atoms with E-state index in [9.17, 15) is 0 Å². The molecule has 3 nitrogen and oxygen atoms in total. The van der Waals surface area contributed by atoms with Crippen LogP contribution in [0.4, 0.5) is 0 Å². The molecule has 0 aliphatic heterocycles. The van der Waals surface area contributed by atoms with Crippen LogP contribution < -0.4 is 14.8 Å². The lowest BCUT2D eigenvalue weighted by Gasteiger charge is -2.14. The summed E-state index contributed by atoms with van der Waals surface area (Å²) in [5.41, 5.74) is 6.15. The molecule has 0 aromatic heterocycles. The lowest BCUT2D eigenvalue weighted by atomic mass is 10.1. The molecule has 3 heteroatoms. The number of nitrogens with one attached hydrogen (secondary N) is 1. The van der Waals surface area contributed by atoms with Crippen LogP contribution in [0, 0.1) is 13.8 Å². The molecule has 0 atom stereocenters. The fourth-order valence-electron chi connectivity index (χ4n) is 2.93. The molecule has 0 saturated carbocycles. The molecule has 1 N–H and O–H groups in total. The Morgan fingerprint density at radius 1 is 0.778 bits per heavy atom. The third-order valence-corrected chi connectivity index (χ3v) is 4.65. The van der Waals surface area contributed by atoms with Gasteiger partial charge in [0, 0.05) is 13.1 Å². The summed E-state index contributed by atoms with van der Waals surface area (Å²) >= 11 is 0. The Bertz CT molecular complexity index is 872. The van der Waals surface area contributed by atoms with Crippen LogP contribution in [0.15, 0.2) is 66.7 Å². The van der Waals surface area contributed by atoms with Crippen LogP contribution in [0.25, 0.3) is 0 Å². The minimum atomic E-state index is 0.536. The summed E-state index contributed by atoms with van der Waals surface area (Å²) in [4.78, 5) is 0. The topological polar surface area (TPSA) is 30.5 Å². The zero-order chi connectivity index (χ0) is 19.1. The van der Waals surface area contributed by atoms with E-state index in [-0.39, 0.29) is 0 Å². The first kappa shape index (κ1) is 19.0. The monoisotopic (exact) mass is 361 g/mol. The lowest BCUT2D eigenvalue weighted by molar-refractivity contribution is 0.283. The summed E-state index contributed by atoms with van der Waals surface area (Å²) in [6.45, 7) is 6.36. The standard InChI is InChI=1S/C24H27NO2/c1-18-8-10-20(11-9-18)15-25-16-21-12-13-23(24(14-21)26-3)27-17-22-7-5-4-6-19(22)2/h4-14,25H,15-17H2,1-3H3. The van der Waals surface area contributed by atoms with Crippen LogP contribution in [0.5, 0.6) is 11.5 Å². The molecule has 0 amide bonds. The molecule has 0 spiro atoms. The summed E-state index contributed by atoms with van der Waals surface area (Å²) < 4.78 is 11.5. The average Bonchev–Trinajstić information content (AvgIpc) is 2.69. The van der Waals surface area contributed by atoms with Crippen molar-refractivity contribution >= 4 is 0 Å². The third kappa shape index (κ3) is 5.35. The highest BCUT2D eigenvalue weighted by Gasteiger charge is 2.07. The van der Waals surface area contributed by atoms with Crippen molar-refractivity contribution in [1.29, 1.82) is 0 Å². The van der Waals surface area contributed by atoms with E-state index in [0.29, 0.717) is 6.61 Å². The van der Waals surface area contributed by atoms with Crippen LogP contribution in [0.1, 0.15) is 27.8 Å². The quantitative estimate of drug-likeness (QED) is 0.599. The van der Waals surface area contributed by atoms with Crippen molar-refractivity contribution in [2.45, 2.75) is 33.5 Å². The van der Waals surface area contributed by atoms with Crippen molar-refractivity contribution in [1.82, 2.24) is 5.32 Å². The SMILES string of the molecule is COc1cc(CNCc2ccc(C)cc2)ccc1OCc1ccccc1C. The minimum Gasteiger partial charge on any atom is -0.493 e. The van der Waals surface area contributed by atoms with Gasteiger partial charge < -0.3 is 14.8 Å². The first-order valence-electron chi connectivity index (χ1n) is 9.26. The van der Waals surface area contributed by atoms with Crippen molar-refractivity contribution in [2.75, 3.05) is 7.11 Å². The Hall–Kier alpha value is -2.78. The molecular weight excluding hydrogens is 334 g/mol. The Kier molecular flexibility index (Phi) is 6.50. The number of methoxy groups -OCH3 is 1. The molecule has 140 valence electrons. The number of ether oxygens (including phenoxy) is 2. The van der Waals surface area contributed by atoms with E-state index >= 15 is 0 Å². The van der Waals surface area contributed by atoms with Gasteiger partial charge in [-0.25, -0.2) is 0 Å². The van der Waals surface area contributed by atoms with Gasteiger partial charge in [-0.15, -0.1) is 0 Å². The van der Waals surface area contributed by atoms with Gasteiger partial charge in [-0.3, -0.25) is 0 Å². The van der Waals surface area contributed by atoms with Gasteiger partial charge in [-0.2, -0.15) is 0 Å². The lowest BCUT2D eigenvalue weighted by Crippen LogP contribution is -2.12. The Morgan fingerprint density at radius 3 is 2.22 bits per heavy atom. The minimum absolute atomic E-state index is 0.536. The fraction of sp³-hybridized carbons (Fsp3) is 0.250. The van der Waals surface area contributed by atoms with Gasteiger partial charge in [0.15, 0.2) is 11.5 Å². The molecule has 0 bridgehead atoms. The van der Waals surface area contributed by atoms with Gasteiger partial charge in [0.2, 0.25) is 0 Å². The smallest absolute Gasteiger partial charge is 0.161 e. The molecule has 0 aliphatic carbocycles. The maximum Gasteiger partial charge on any atom is 0.161 e. The molecule has 27 heavy (non-hydrogen) atoms. The normalized spacial score (nSPS) is 10.6. The van der Waals surface area contributed by atoms with Gasteiger partial charge in [0.25, 0.3) is 0 Å². The highest BCUT2D eigenvalue weighted by atomic mass is 16.5. The van der Waals surface area contributed by atoms with E-state index in [0.717, 1.165) is 24.6 Å². The number of aryl methyl sites for hydroxylation is 2. The summed E-state index contributed by atoms with van der Waals surface area (Å²) in [6, 6.07) is 23.0. The van der Waals surface area contributed by atoms with Gasteiger partial charge in [0.1, 0.15) is 6.61 Å². The molecular formula is C24H27NO2. The fourth-order valence-corrected chi connectivity index (χ4v) is 2.93. The Morgan fingerprint density at radius 2 is 1.48 bits per heavy atom. The summed E-state index contributed by atoms with van der Waals surface area (Å²) in [5.74, 6) is 1.53. The van der Waals surface area contributed by atoms with Crippen LogP contribution >= 0.6 is 0 Å². The van der Waals surface area contributed by atoms with Crippen LogP contribution in [-0.4, -0.2) is 7.11 Å². The Balaban J connectivity index is 1.58. The van der Waals surface area contributed by atoms with Gasteiger partial charge >= 0.3 is 0 Å². The molecule has 3 rings (SSSR count). The molecule has 0 heterocycles. The maximum atomic E-state index is 5.99. The van der Waals surface area contributed by atoms with Gasteiger partial charge in [0.05, 0.1) is 7.11 Å². The molecule has 3 aromatic carbocycles. The molecule has 0 saturated heterocycles. The third-order valence-electron chi connectivity index (χ3n) is 4.65. The van der Waals surface area contributed by atoms with Crippen molar-refractivity contribution in [3.63, 3.8) is 0 Å².